The molecule has 0 heterocycles. The highest BCUT2D eigenvalue weighted by atomic mass is 16.5. The number of hydrogen-bond acceptors (Lipinski definition) is 3. The van der Waals surface area contributed by atoms with Gasteiger partial charge in [0.1, 0.15) is 12.3 Å². The normalized spacial score (nSPS) is 9.71. The zero-order valence-electron chi connectivity index (χ0n) is 12.0. The van der Waals surface area contributed by atoms with E-state index in [9.17, 15) is 9.59 Å². The molecule has 5 nitrogen and oxygen atoms in total. The maximum Gasteiger partial charge on any atom is 0.323 e. The van der Waals surface area contributed by atoms with E-state index < -0.39 is 5.97 Å². The van der Waals surface area contributed by atoms with Gasteiger partial charge >= 0.3 is 5.97 Å². The van der Waals surface area contributed by atoms with Gasteiger partial charge in [0.15, 0.2) is 0 Å². The molecule has 0 aliphatic carbocycles. The first-order valence-corrected chi connectivity index (χ1v) is 6.72. The van der Waals surface area contributed by atoms with E-state index in [4.69, 9.17) is 16.3 Å². The molecule has 1 N–H and O–H groups in total. The zero-order valence-corrected chi connectivity index (χ0v) is 12.0. The summed E-state index contributed by atoms with van der Waals surface area (Å²) in [6, 6.07) is 7.48. The van der Waals surface area contributed by atoms with E-state index in [0.717, 1.165) is 16.2 Å². The molecule has 21 heavy (non-hydrogen) atoms. The second-order valence-corrected chi connectivity index (χ2v) is 4.39. The predicted molar refractivity (Wildman–Crippen MR) is 79.0 cm³/mol. The average Bonchev–Trinajstić information content (AvgIpc) is 2.45. The highest BCUT2D eigenvalue weighted by Crippen LogP contribution is 2.19. The van der Waals surface area contributed by atoms with Crippen molar-refractivity contribution in [3.8, 4) is 18.1 Å². The second-order valence-electron chi connectivity index (χ2n) is 4.39. The minimum atomic E-state index is -1.08. The van der Waals surface area contributed by atoms with Gasteiger partial charge in [0, 0.05) is 6.42 Å². The molecule has 0 spiro atoms. The van der Waals surface area contributed by atoms with Crippen molar-refractivity contribution in [1.82, 2.24) is 4.90 Å². The summed E-state index contributed by atoms with van der Waals surface area (Å²) >= 11 is 0. The van der Waals surface area contributed by atoms with Crippen LogP contribution in [0.2, 0.25) is 0 Å². The SMILES string of the molecule is C#CCN(CC(=O)O)C(=O)CCc1ccccc1OCC. The molecular formula is C16H19NO4. The highest BCUT2D eigenvalue weighted by molar-refractivity contribution is 5.81. The quantitative estimate of drug-likeness (QED) is 0.738. The summed E-state index contributed by atoms with van der Waals surface area (Å²) in [4.78, 5) is 23.9. The minimum Gasteiger partial charge on any atom is -0.494 e. The first kappa shape index (κ1) is 16.6. The molecule has 0 unspecified atom stereocenters. The lowest BCUT2D eigenvalue weighted by Crippen LogP contribution is -2.36. The van der Waals surface area contributed by atoms with Crippen molar-refractivity contribution < 1.29 is 19.4 Å². The molecule has 1 amide bonds. The van der Waals surface area contributed by atoms with Gasteiger partial charge < -0.3 is 14.7 Å². The van der Waals surface area contributed by atoms with Gasteiger partial charge in [-0.1, -0.05) is 24.1 Å². The topological polar surface area (TPSA) is 66.8 Å². The van der Waals surface area contributed by atoms with Crippen LogP contribution in [-0.2, 0) is 16.0 Å². The Morgan fingerprint density at radius 1 is 1.38 bits per heavy atom. The number of amides is 1. The van der Waals surface area contributed by atoms with Crippen LogP contribution in [0.3, 0.4) is 0 Å². The fraction of sp³-hybridized carbons (Fsp3) is 0.375. The maximum absolute atomic E-state index is 12.0. The zero-order chi connectivity index (χ0) is 15.7. The van der Waals surface area contributed by atoms with Crippen molar-refractivity contribution in [3.63, 3.8) is 0 Å². The Morgan fingerprint density at radius 3 is 2.71 bits per heavy atom. The van der Waals surface area contributed by atoms with Crippen LogP contribution in [0, 0.1) is 12.3 Å². The van der Waals surface area contributed by atoms with Gasteiger partial charge in [0.2, 0.25) is 5.91 Å². The number of aryl methyl sites for hydroxylation is 1. The van der Waals surface area contributed by atoms with Crippen LogP contribution in [0.1, 0.15) is 18.9 Å². The van der Waals surface area contributed by atoms with Crippen LogP contribution in [0.15, 0.2) is 24.3 Å². The van der Waals surface area contributed by atoms with Crippen LogP contribution in [0.25, 0.3) is 0 Å². The van der Waals surface area contributed by atoms with Crippen molar-refractivity contribution in [2.45, 2.75) is 19.8 Å². The number of terminal acetylenes is 1. The Morgan fingerprint density at radius 2 is 2.10 bits per heavy atom. The number of rotatable bonds is 8. The van der Waals surface area contributed by atoms with Crippen LogP contribution in [0.4, 0.5) is 0 Å². The smallest absolute Gasteiger partial charge is 0.323 e. The van der Waals surface area contributed by atoms with E-state index in [2.05, 4.69) is 5.92 Å². The molecular weight excluding hydrogens is 270 g/mol. The third-order valence-corrected chi connectivity index (χ3v) is 2.84. The Bertz CT molecular complexity index is 533. The number of nitrogens with zero attached hydrogens (tertiary/aromatic N) is 1. The summed E-state index contributed by atoms with van der Waals surface area (Å²) in [6.07, 6.45) is 5.83. The van der Waals surface area contributed by atoms with Gasteiger partial charge in [-0.25, -0.2) is 0 Å². The molecule has 0 saturated heterocycles. The molecule has 0 aliphatic heterocycles. The fourth-order valence-corrected chi connectivity index (χ4v) is 1.91. The number of para-hydroxylation sites is 1. The first-order valence-electron chi connectivity index (χ1n) is 6.72. The van der Waals surface area contributed by atoms with Gasteiger partial charge in [-0.05, 0) is 25.0 Å². The van der Waals surface area contributed by atoms with Crippen LogP contribution in [0.5, 0.6) is 5.75 Å². The van der Waals surface area contributed by atoms with Crippen LogP contribution in [-0.4, -0.2) is 41.6 Å². The van der Waals surface area contributed by atoms with Crippen LogP contribution >= 0.6 is 0 Å². The average molecular weight is 289 g/mol. The summed E-state index contributed by atoms with van der Waals surface area (Å²) in [5.74, 6) is 1.69. The van der Waals surface area contributed by atoms with Crippen molar-refractivity contribution in [3.05, 3.63) is 29.8 Å². The Kier molecular flexibility index (Phi) is 6.82. The second kappa shape index (κ2) is 8.64. The number of hydrogen-bond donors (Lipinski definition) is 1. The van der Waals surface area contributed by atoms with E-state index in [0.29, 0.717) is 13.0 Å². The Balaban J connectivity index is 2.66. The monoisotopic (exact) mass is 289 g/mol. The Labute approximate surface area is 124 Å². The molecule has 1 aromatic carbocycles. The predicted octanol–water partition coefficient (Wildman–Crippen LogP) is 1.56. The molecule has 5 heteroatoms. The van der Waals surface area contributed by atoms with E-state index in [1.807, 2.05) is 31.2 Å². The Hall–Kier alpha value is -2.48. The standard InChI is InChI=1S/C16H19NO4/c1-3-11-17(12-16(19)20)15(18)10-9-13-7-5-6-8-14(13)21-4-2/h1,5-8H,4,9-12H2,2H3,(H,19,20). The lowest BCUT2D eigenvalue weighted by Gasteiger charge is -2.18. The van der Waals surface area contributed by atoms with E-state index in [-0.39, 0.29) is 25.4 Å². The van der Waals surface area contributed by atoms with Crippen molar-refractivity contribution in [1.29, 1.82) is 0 Å². The highest BCUT2D eigenvalue weighted by Gasteiger charge is 2.16. The van der Waals surface area contributed by atoms with E-state index in [1.54, 1.807) is 0 Å². The molecule has 0 bridgehead atoms. The number of carboxylic acid groups (broad SMARTS) is 1. The molecule has 112 valence electrons. The summed E-state index contributed by atoms with van der Waals surface area (Å²) < 4.78 is 5.49. The summed E-state index contributed by atoms with van der Waals surface area (Å²) in [5.41, 5.74) is 0.920. The van der Waals surface area contributed by atoms with Gasteiger partial charge in [0.25, 0.3) is 0 Å². The van der Waals surface area contributed by atoms with Crippen molar-refractivity contribution in [2.24, 2.45) is 0 Å². The molecule has 0 aliphatic rings. The van der Waals surface area contributed by atoms with E-state index in [1.165, 1.54) is 0 Å². The third kappa shape index (κ3) is 5.57. The fourth-order valence-electron chi connectivity index (χ4n) is 1.91. The summed E-state index contributed by atoms with van der Waals surface area (Å²) in [5, 5.41) is 8.78. The number of carbonyl (C=O) groups excluding carboxylic acids is 1. The van der Waals surface area contributed by atoms with Crippen LogP contribution < -0.4 is 4.74 Å². The number of ether oxygens (including phenoxy) is 1. The van der Waals surface area contributed by atoms with Gasteiger partial charge in [-0.3, -0.25) is 9.59 Å². The number of carboxylic acids is 1. The number of benzene rings is 1. The third-order valence-electron chi connectivity index (χ3n) is 2.84. The molecule has 0 fully saturated rings. The molecule has 0 saturated carbocycles. The molecule has 1 rings (SSSR count). The molecule has 0 aromatic heterocycles. The first-order chi connectivity index (χ1) is 10.1. The molecule has 0 atom stereocenters. The van der Waals surface area contributed by atoms with Crippen molar-refractivity contribution in [2.75, 3.05) is 19.7 Å². The molecule has 1 aromatic rings. The number of aliphatic carboxylic acids is 1. The summed E-state index contributed by atoms with van der Waals surface area (Å²) in [7, 11) is 0. The number of carbonyl (C=O) groups is 2. The summed E-state index contributed by atoms with van der Waals surface area (Å²) in [6.45, 7) is 2.06. The van der Waals surface area contributed by atoms with Gasteiger partial charge in [-0.15, -0.1) is 6.42 Å². The lowest BCUT2D eigenvalue weighted by molar-refractivity contribution is -0.144. The largest absolute Gasteiger partial charge is 0.494 e. The van der Waals surface area contributed by atoms with Gasteiger partial charge in [-0.2, -0.15) is 0 Å². The van der Waals surface area contributed by atoms with E-state index >= 15 is 0 Å². The molecule has 0 radical (unpaired) electrons. The minimum absolute atomic E-state index is 0.00175. The maximum atomic E-state index is 12.0. The lowest BCUT2D eigenvalue weighted by atomic mass is 10.1. The van der Waals surface area contributed by atoms with Crippen molar-refractivity contribution >= 4 is 11.9 Å². The van der Waals surface area contributed by atoms with Gasteiger partial charge in [0.05, 0.1) is 13.2 Å².